The molecule has 0 saturated heterocycles. The molecule has 0 aliphatic rings. The lowest BCUT2D eigenvalue weighted by Crippen LogP contribution is -2.36. The maximum atomic E-state index is 13.4. The van der Waals surface area contributed by atoms with Gasteiger partial charge in [-0.25, -0.2) is 9.18 Å². The first-order valence-electron chi connectivity index (χ1n) is 5.89. The van der Waals surface area contributed by atoms with Crippen molar-refractivity contribution in [3.05, 3.63) is 34.6 Å². The topological polar surface area (TPSA) is 78.4 Å². The van der Waals surface area contributed by atoms with Gasteiger partial charge in [-0.05, 0) is 30.5 Å². The van der Waals surface area contributed by atoms with Gasteiger partial charge in [0, 0.05) is 13.1 Å². The summed E-state index contributed by atoms with van der Waals surface area (Å²) in [5, 5.41) is 13.4. The van der Waals surface area contributed by atoms with Gasteiger partial charge in [0.2, 0.25) is 0 Å². The number of rotatable bonds is 5. The lowest BCUT2D eigenvalue weighted by molar-refractivity contribution is -0.136. The highest BCUT2D eigenvalue weighted by molar-refractivity contribution is 5.74. The van der Waals surface area contributed by atoms with Crippen LogP contribution in [-0.4, -0.2) is 23.7 Å². The van der Waals surface area contributed by atoms with Gasteiger partial charge in [-0.3, -0.25) is 4.79 Å². The van der Waals surface area contributed by atoms with Crippen molar-refractivity contribution in [3.63, 3.8) is 0 Å². The monoisotopic (exact) mass is 268 g/mol. The van der Waals surface area contributed by atoms with Crippen LogP contribution in [0.25, 0.3) is 0 Å². The minimum Gasteiger partial charge on any atom is -0.481 e. The van der Waals surface area contributed by atoms with E-state index in [9.17, 15) is 14.0 Å². The number of amides is 2. The Hall–Kier alpha value is -2.11. The van der Waals surface area contributed by atoms with E-state index in [-0.39, 0.29) is 25.3 Å². The average Bonchev–Trinajstić information content (AvgIpc) is 2.32. The first kappa shape index (κ1) is 14.9. The predicted octanol–water partition coefficient (Wildman–Crippen LogP) is 1.72. The van der Waals surface area contributed by atoms with E-state index in [2.05, 4.69) is 10.6 Å². The maximum absolute atomic E-state index is 13.4. The van der Waals surface area contributed by atoms with Crippen LogP contribution in [-0.2, 0) is 11.3 Å². The molecule has 0 fully saturated rings. The predicted molar refractivity (Wildman–Crippen MR) is 68.4 cm³/mol. The molecule has 5 nitrogen and oxygen atoms in total. The second-order valence-corrected chi connectivity index (χ2v) is 4.30. The number of aryl methyl sites for hydroxylation is 2. The van der Waals surface area contributed by atoms with Crippen molar-refractivity contribution in [1.82, 2.24) is 10.6 Å². The van der Waals surface area contributed by atoms with Crippen molar-refractivity contribution in [1.29, 1.82) is 0 Å². The number of carboxylic acids is 1. The van der Waals surface area contributed by atoms with E-state index in [1.807, 2.05) is 0 Å². The molecule has 0 unspecified atom stereocenters. The summed E-state index contributed by atoms with van der Waals surface area (Å²) in [5.41, 5.74) is 1.86. The van der Waals surface area contributed by atoms with Crippen molar-refractivity contribution in [3.8, 4) is 0 Å². The van der Waals surface area contributed by atoms with E-state index in [1.54, 1.807) is 26.0 Å². The molecular weight excluding hydrogens is 251 g/mol. The smallest absolute Gasteiger partial charge is 0.315 e. The Morgan fingerprint density at radius 3 is 2.32 bits per heavy atom. The Kier molecular flexibility index (Phi) is 5.29. The quantitative estimate of drug-likeness (QED) is 0.760. The van der Waals surface area contributed by atoms with E-state index in [4.69, 9.17) is 5.11 Å². The molecule has 1 rings (SSSR count). The summed E-state index contributed by atoms with van der Waals surface area (Å²) >= 11 is 0. The van der Waals surface area contributed by atoms with Gasteiger partial charge < -0.3 is 15.7 Å². The number of nitrogens with one attached hydrogen (secondary N) is 2. The third-order valence-corrected chi connectivity index (χ3v) is 2.57. The first-order chi connectivity index (χ1) is 8.90. The minimum atomic E-state index is -0.968. The van der Waals surface area contributed by atoms with Gasteiger partial charge in [0.1, 0.15) is 5.82 Å². The zero-order valence-electron chi connectivity index (χ0n) is 10.9. The Morgan fingerprint density at radius 2 is 1.79 bits per heavy atom. The molecule has 0 heterocycles. The molecule has 0 aliphatic heterocycles. The van der Waals surface area contributed by atoms with Crippen LogP contribution in [0, 0.1) is 19.7 Å². The summed E-state index contributed by atoms with van der Waals surface area (Å²) in [5.74, 6) is -1.21. The fourth-order valence-electron chi connectivity index (χ4n) is 1.67. The fraction of sp³-hybridized carbons (Fsp3) is 0.385. The summed E-state index contributed by atoms with van der Waals surface area (Å²) in [4.78, 5) is 21.6. The Balaban J connectivity index is 2.44. The van der Waals surface area contributed by atoms with Gasteiger partial charge in [0.15, 0.2) is 0 Å². The number of hydrogen-bond acceptors (Lipinski definition) is 2. The molecule has 3 N–H and O–H groups in total. The van der Waals surface area contributed by atoms with Crippen molar-refractivity contribution in [2.45, 2.75) is 26.8 Å². The number of hydrogen-bond donors (Lipinski definition) is 3. The van der Waals surface area contributed by atoms with E-state index in [1.165, 1.54) is 0 Å². The number of carbonyl (C=O) groups is 2. The number of urea groups is 1. The van der Waals surface area contributed by atoms with Crippen LogP contribution in [0.2, 0.25) is 0 Å². The molecule has 19 heavy (non-hydrogen) atoms. The molecule has 0 radical (unpaired) electrons. The highest BCUT2D eigenvalue weighted by Gasteiger charge is 2.06. The molecule has 0 bridgehead atoms. The molecule has 0 saturated carbocycles. The van der Waals surface area contributed by atoms with Crippen molar-refractivity contribution >= 4 is 12.0 Å². The van der Waals surface area contributed by atoms with Crippen LogP contribution >= 0.6 is 0 Å². The minimum absolute atomic E-state index is 0.0721. The van der Waals surface area contributed by atoms with Gasteiger partial charge in [-0.15, -0.1) is 0 Å². The largest absolute Gasteiger partial charge is 0.481 e. The molecule has 104 valence electrons. The van der Waals surface area contributed by atoms with E-state index >= 15 is 0 Å². The number of carboxylic acid groups (broad SMARTS) is 1. The van der Waals surface area contributed by atoms with E-state index in [0.29, 0.717) is 11.1 Å². The highest BCUT2D eigenvalue weighted by Crippen LogP contribution is 2.14. The van der Waals surface area contributed by atoms with Gasteiger partial charge >= 0.3 is 12.0 Å². The second-order valence-electron chi connectivity index (χ2n) is 4.30. The van der Waals surface area contributed by atoms with Crippen LogP contribution in [0.5, 0.6) is 0 Å². The number of carbonyl (C=O) groups excluding carboxylic acids is 1. The average molecular weight is 268 g/mol. The van der Waals surface area contributed by atoms with E-state index in [0.717, 1.165) is 5.56 Å². The first-order valence-corrected chi connectivity index (χ1v) is 5.89. The molecular formula is C13H17FN2O3. The molecule has 0 spiro atoms. The molecule has 1 aromatic carbocycles. The molecule has 0 aromatic heterocycles. The zero-order valence-corrected chi connectivity index (χ0v) is 10.9. The van der Waals surface area contributed by atoms with Crippen LogP contribution < -0.4 is 10.6 Å². The Bertz CT molecular complexity index is 466. The molecule has 0 atom stereocenters. The lowest BCUT2D eigenvalue weighted by Gasteiger charge is -2.09. The Morgan fingerprint density at radius 1 is 1.21 bits per heavy atom. The maximum Gasteiger partial charge on any atom is 0.315 e. The number of halogens is 1. The van der Waals surface area contributed by atoms with Crippen LogP contribution in [0.4, 0.5) is 9.18 Å². The van der Waals surface area contributed by atoms with Crippen LogP contribution in [0.15, 0.2) is 12.1 Å². The van der Waals surface area contributed by atoms with Gasteiger partial charge in [-0.1, -0.05) is 12.1 Å². The van der Waals surface area contributed by atoms with Gasteiger partial charge in [0.05, 0.1) is 6.42 Å². The third kappa shape index (κ3) is 4.95. The number of benzene rings is 1. The SMILES string of the molecule is Cc1cc(CNC(=O)NCCC(=O)O)cc(C)c1F. The molecule has 2 amide bonds. The van der Waals surface area contributed by atoms with Crippen LogP contribution in [0.1, 0.15) is 23.1 Å². The molecule has 0 aliphatic carbocycles. The normalized spacial score (nSPS) is 10.1. The van der Waals surface area contributed by atoms with Crippen molar-refractivity contribution < 1.29 is 19.1 Å². The summed E-state index contributed by atoms with van der Waals surface area (Å²) < 4.78 is 13.4. The molecule has 6 heteroatoms. The van der Waals surface area contributed by atoms with Gasteiger partial charge in [-0.2, -0.15) is 0 Å². The summed E-state index contributed by atoms with van der Waals surface area (Å²) in [6.45, 7) is 3.67. The van der Waals surface area contributed by atoms with E-state index < -0.39 is 12.0 Å². The summed E-state index contributed by atoms with van der Waals surface area (Å²) in [6.07, 6.45) is -0.123. The zero-order chi connectivity index (χ0) is 14.4. The van der Waals surface area contributed by atoms with Gasteiger partial charge in [0.25, 0.3) is 0 Å². The standard InChI is InChI=1S/C13H17FN2O3/c1-8-5-10(6-9(2)12(8)14)7-16-13(19)15-4-3-11(17)18/h5-6H,3-4,7H2,1-2H3,(H,17,18)(H2,15,16,19). The highest BCUT2D eigenvalue weighted by atomic mass is 19.1. The second kappa shape index (κ2) is 6.72. The van der Waals surface area contributed by atoms with Crippen molar-refractivity contribution in [2.75, 3.05) is 6.54 Å². The Labute approximate surface area is 110 Å². The van der Waals surface area contributed by atoms with Crippen LogP contribution in [0.3, 0.4) is 0 Å². The lowest BCUT2D eigenvalue weighted by atomic mass is 10.1. The fourth-order valence-corrected chi connectivity index (χ4v) is 1.67. The third-order valence-electron chi connectivity index (χ3n) is 2.57. The number of aliphatic carboxylic acids is 1. The molecule has 1 aromatic rings. The summed E-state index contributed by atoms with van der Waals surface area (Å²) in [7, 11) is 0. The van der Waals surface area contributed by atoms with Crippen molar-refractivity contribution in [2.24, 2.45) is 0 Å². The summed E-state index contributed by atoms with van der Waals surface area (Å²) in [6, 6.07) is 2.89.